The second-order valence-corrected chi connectivity index (χ2v) is 9.55. The van der Waals surface area contributed by atoms with Crippen molar-refractivity contribution in [1.29, 1.82) is 0 Å². The first-order valence-corrected chi connectivity index (χ1v) is 12.2. The fraction of sp³-hybridized carbons (Fsp3) is 0.143. The molecule has 3 N–H and O–H groups in total. The van der Waals surface area contributed by atoms with E-state index >= 15 is 0 Å². The lowest BCUT2D eigenvalue weighted by molar-refractivity contribution is -0.115. The van der Waals surface area contributed by atoms with Gasteiger partial charge in [-0.3, -0.25) is 4.79 Å². The number of nitrogens with two attached hydrogens (primary N) is 1. The summed E-state index contributed by atoms with van der Waals surface area (Å²) in [4.78, 5) is 17.3. The lowest BCUT2D eigenvalue weighted by Gasteiger charge is -2.14. The maximum absolute atomic E-state index is 12.8. The van der Waals surface area contributed by atoms with Crippen molar-refractivity contribution in [1.82, 2.24) is 15.2 Å². The Labute approximate surface area is 193 Å². The van der Waals surface area contributed by atoms with Gasteiger partial charge in [0.15, 0.2) is 17.2 Å². The Morgan fingerprint density at radius 1 is 1.03 bits per heavy atom. The number of furan rings is 2. The van der Waals surface area contributed by atoms with Crippen molar-refractivity contribution >= 4 is 33.4 Å². The molecular formula is C21H19N5O5S2. The molecule has 0 saturated carbocycles. The zero-order valence-corrected chi connectivity index (χ0v) is 19.0. The highest BCUT2D eigenvalue weighted by Crippen LogP contribution is 2.32. The number of nitrogens with zero attached hydrogens (tertiary/aromatic N) is 3. The summed E-state index contributed by atoms with van der Waals surface area (Å²) in [6.45, 7) is 1.86. The van der Waals surface area contributed by atoms with Crippen LogP contribution in [0.25, 0.3) is 22.9 Å². The van der Waals surface area contributed by atoms with Crippen LogP contribution in [0, 0.1) is 0 Å². The molecule has 170 valence electrons. The molecule has 3 heterocycles. The van der Waals surface area contributed by atoms with Crippen molar-refractivity contribution in [3.05, 3.63) is 61.1 Å². The molecule has 1 aromatic carbocycles. The van der Waals surface area contributed by atoms with E-state index in [2.05, 4.69) is 20.5 Å². The quantitative estimate of drug-likeness (QED) is 0.356. The van der Waals surface area contributed by atoms with Gasteiger partial charge in [-0.1, -0.05) is 18.7 Å². The summed E-state index contributed by atoms with van der Waals surface area (Å²) in [5.74, 6) is 0.695. The van der Waals surface area contributed by atoms with Crippen molar-refractivity contribution < 1.29 is 22.0 Å². The van der Waals surface area contributed by atoms with Crippen molar-refractivity contribution in [2.45, 2.75) is 28.6 Å². The predicted octanol–water partition coefficient (Wildman–Crippen LogP) is 3.55. The SMILES string of the molecule is CCC(Sc1nnc(-c2ccco2)c(-c2ccco2)n1)C(=O)Nc1ccc(S(N)(=O)=O)cc1. The number of anilines is 1. The smallest absolute Gasteiger partial charge is 0.238 e. The first-order chi connectivity index (χ1) is 15.8. The maximum atomic E-state index is 12.8. The van der Waals surface area contributed by atoms with E-state index in [1.54, 1.807) is 24.3 Å². The van der Waals surface area contributed by atoms with Crippen LogP contribution in [-0.4, -0.2) is 34.8 Å². The molecule has 0 bridgehead atoms. The summed E-state index contributed by atoms with van der Waals surface area (Å²) < 4.78 is 33.7. The average Bonchev–Trinajstić information content (AvgIpc) is 3.51. The number of sulfonamides is 1. The van der Waals surface area contributed by atoms with Crippen molar-refractivity contribution in [3.8, 4) is 22.9 Å². The lowest BCUT2D eigenvalue weighted by atomic mass is 10.2. The van der Waals surface area contributed by atoms with Gasteiger partial charge in [-0.25, -0.2) is 18.5 Å². The normalized spacial score (nSPS) is 12.4. The number of aromatic nitrogens is 3. The molecular weight excluding hydrogens is 466 g/mol. The van der Waals surface area contributed by atoms with Crippen LogP contribution in [0.2, 0.25) is 0 Å². The highest BCUT2D eigenvalue weighted by atomic mass is 32.2. The van der Waals surface area contributed by atoms with E-state index < -0.39 is 15.3 Å². The molecule has 0 aliphatic heterocycles. The second-order valence-electron chi connectivity index (χ2n) is 6.82. The van der Waals surface area contributed by atoms with Crippen LogP contribution in [-0.2, 0) is 14.8 Å². The van der Waals surface area contributed by atoms with Gasteiger partial charge in [0, 0.05) is 5.69 Å². The molecule has 4 rings (SSSR count). The van der Waals surface area contributed by atoms with Crippen LogP contribution < -0.4 is 10.5 Å². The van der Waals surface area contributed by atoms with Gasteiger partial charge >= 0.3 is 0 Å². The molecule has 33 heavy (non-hydrogen) atoms. The Balaban J connectivity index is 1.54. The molecule has 12 heteroatoms. The molecule has 0 radical (unpaired) electrons. The standard InChI is InChI=1S/C21H19N5O5S2/c1-2-17(20(27)23-13-7-9-14(10-8-13)33(22,28)29)32-21-24-18(15-5-3-11-30-15)19(25-26-21)16-6-4-12-31-16/h3-12,17H,2H2,1H3,(H,23,27)(H2,22,28,29). The molecule has 0 aliphatic rings. The topological polar surface area (TPSA) is 154 Å². The molecule has 0 aliphatic carbocycles. The molecule has 1 atom stereocenters. The molecule has 0 fully saturated rings. The van der Waals surface area contributed by atoms with Crippen molar-refractivity contribution in [2.75, 3.05) is 5.32 Å². The van der Waals surface area contributed by atoms with Gasteiger partial charge in [0.05, 0.1) is 22.7 Å². The van der Waals surface area contributed by atoms with Gasteiger partial charge in [-0.2, -0.15) is 0 Å². The Morgan fingerprint density at radius 3 is 2.21 bits per heavy atom. The second kappa shape index (κ2) is 9.57. The van der Waals surface area contributed by atoms with Gasteiger partial charge in [0.2, 0.25) is 21.1 Å². The minimum absolute atomic E-state index is 0.0384. The van der Waals surface area contributed by atoms with Crippen LogP contribution in [0.1, 0.15) is 13.3 Å². The third-order valence-electron chi connectivity index (χ3n) is 4.54. The number of carbonyl (C=O) groups is 1. The first kappa shape index (κ1) is 22.7. The largest absolute Gasteiger partial charge is 0.463 e. The van der Waals surface area contributed by atoms with Gasteiger partial charge < -0.3 is 14.2 Å². The maximum Gasteiger partial charge on any atom is 0.238 e. The van der Waals surface area contributed by atoms with Crippen LogP contribution >= 0.6 is 11.8 Å². The first-order valence-electron chi connectivity index (χ1n) is 9.78. The van der Waals surface area contributed by atoms with E-state index in [1.165, 1.54) is 36.8 Å². The average molecular weight is 486 g/mol. The molecule has 10 nitrogen and oxygen atoms in total. The minimum Gasteiger partial charge on any atom is -0.463 e. The summed E-state index contributed by atoms with van der Waals surface area (Å²) in [6.07, 6.45) is 3.54. The molecule has 1 unspecified atom stereocenters. The highest BCUT2D eigenvalue weighted by molar-refractivity contribution is 8.00. The number of carbonyl (C=O) groups excluding carboxylic acids is 1. The third kappa shape index (κ3) is 5.30. The predicted molar refractivity (Wildman–Crippen MR) is 122 cm³/mol. The number of primary sulfonamides is 1. The van der Waals surface area contributed by atoms with E-state index in [0.29, 0.717) is 40.2 Å². The molecule has 0 spiro atoms. The number of amides is 1. The molecule has 4 aromatic rings. The number of rotatable bonds is 8. The lowest BCUT2D eigenvalue weighted by Crippen LogP contribution is -2.25. The zero-order chi connectivity index (χ0) is 23.4. The highest BCUT2D eigenvalue weighted by Gasteiger charge is 2.23. The van der Waals surface area contributed by atoms with E-state index in [9.17, 15) is 13.2 Å². The summed E-state index contributed by atoms with van der Waals surface area (Å²) in [5, 5.41) is 16.0. The summed E-state index contributed by atoms with van der Waals surface area (Å²) in [5.41, 5.74) is 1.31. The zero-order valence-electron chi connectivity index (χ0n) is 17.3. The Bertz CT molecular complexity index is 1340. The molecule has 3 aromatic heterocycles. The number of nitrogens with one attached hydrogen (secondary N) is 1. The third-order valence-corrected chi connectivity index (χ3v) is 6.68. The van der Waals surface area contributed by atoms with Crippen LogP contribution in [0.3, 0.4) is 0 Å². The summed E-state index contributed by atoms with van der Waals surface area (Å²) in [6, 6.07) is 12.6. The summed E-state index contributed by atoms with van der Waals surface area (Å²) in [7, 11) is -3.81. The number of benzene rings is 1. The number of hydrogen-bond donors (Lipinski definition) is 2. The van der Waals surface area contributed by atoms with Crippen molar-refractivity contribution in [3.63, 3.8) is 0 Å². The van der Waals surface area contributed by atoms with E-state index in [-0.39, 0.29) is 10.8 Å². The summed E-state index contributed by atoms with van der Waals surface area (Å²) >= 11 is 1.16. The number of hydrogen-bond acceptors (Lipinski definition) is 9. The fourth-order valence-corrected chi connectivity index (χ4v) is 4.26. The monoisotopic (exact) mass is 485 g/mol. The Morgan fingerprint density at radius 2 is 1.67 bits per heavy atom. The Kier molecular flexibility index (Phi) is 6.58. The van der Waals surface area contributed by atoms with Crippen molar-refractivity contribution in [2.24, 2.45) is 5.14 Å². The molecule has 0 saturated heterocycles. The fourth-order valence-electron chi connectivity index (χ4n) is 2.93. The van der Waals surface area contributed by atoms with Crippen LogP contribution in [0.15, 0.2) is 79.9 Å². The van der Waals surface area contributed by atoms with Gasteiger partial charge in [0.1, 0.15) is 5.69 Å². The minimum atomic E-state index is -3.81. The van der Waals surface area contributed by atoms with E-state index in [4.69, 9.17) is 14.0 Å². The molecule has 1 amide bonds. The van der Waals surface area contributed by atoms with Gasteiger partial charge in [-0.05, 0) is 55.0 Å². The van der Waals surface area contributed by atoms with E-state index in [1.807, 2.05) is 6.92 Å². The van der Waals surface area contributed by atoms with Crippen LogP contribution in [0.4, 0.5) is 5.69 Å². The Hall–Kier alpha value is -3.48. The van der Waals surface area contributed by atoms with Crippen LogP contribution in [0.5, 0.6) is 0 Å². The van der Waals surface area contributed by atoms with E-state index in [0.717, 1.165) is 11.8 Å². The van der Waals surface area contributed by atoms with Gasteiger partial charge in [-0.15, -0.1) is 10.2 Å². The van der Waals surface area contributed by atoms with Gasteiger partial charge in [0.25, 0.3) is 0 Å². The number of thioether (sulfide) groups is 1.